The molecule has 8 heteroatoms. The molecule has 0 spiro atoms. The van der Waals surface area contributed by atoms with Gasteiger partial charge in [-0.15, -0.1) is 10.2 Å². The highest BCUT2D eigenvalue weighted by molar-refractivity contribution is 8.12. The van der Waals surface area contributed by atoms with Crippen molar-refractivity contribution in [3.63, 3.8) is 0 Å². The molecule has 1 rings (SSSR count). The van der Waals surface area contributed by atoms with Crippen molar-refractivity contribution < 1.29 is 34.3 Å². The zero-order valence-electron chi connectivity index (χ0n) is 8.17. The first-order valence-electron chi connectivity index (χ1n) is 3.95. The van der Waals surface area contributed by atoms with E-state index in [1.54, 1.807) is 0 Å². The van der Waals surface area contributed by atoms with Crippen LogP contribution < -0.4 is 29.8 Å². The number of benzene rings is 1. The van der Waals surface area contributed by atoms with Gasteiger partial charge in [0, 0.05) is 5.75 Å². The molecular formula is C8H11ClN2O4S. The lowest BCUT2D eigenvalue weighted by Crippen LogP contribution is -2.68. The molecular weight excluding hydrogens is 256 g/mol. The largest absolute Gasteiger partial charge is 0.300 e. The SMILES string of the molecule is NC(=[NH2+])SCc1ccccc1.[O-][Cl+3]([O-])([O-])[O-]. The van der Waals surface area contributed by atoms with Crippen molar-refractivity contribution in [2.45, 2.75) is 5.75 Å². The summed E-state index contributed by atoms with van der Waals surface area (Å²) in [6.45, 7) is 0. The molecule has 0 saturated carbocycles. The van der Waals surface area contributed by atoms with Crippen molar-refractivity contribution in [1.82, 2.24) is 0 Å². The zero-order chi connectivity index (χ0) is 12.6. The van der Waals surface area contributed by atoms with Gasteiger partial charge in [-0.2, -0.15) is 0 Å². The van der Waals surface area contributed by atoms with Crippen LogP contribution in [0.1, 0.15) is 5.56 Å². The van der Waals surface area contributed by atoms with E-state index in [1.165, 1.54) is 17.3 Å². The lowest BCUT2D eigenvalue weighted by Gasteiger charge is -2.17. The molecule has 0 aliphatic carbocycles. The van der Waals surface area contributed by atoms with Gasteiger partial charge in [0.2, 0.25) is 0 Å². The second-order valence-corrected chi connectivity index (χ2v) is 4.36. The van der Waals surface area contributed by atoms with Crippen LogP contribution in [0.15, 0.2) is 30.3 Å². The average molecular weight is 267 g/mol. The minimum absolute atomic E-state index is 0.425. The number of hydrogen-bond donors (Lipinski definition) is 2. The van der Waals surface area contributed by atoms with Crippen LogP contribution in [-0.4, -0.2) is 5.17 Å². The second kappa shape index (κ2) is 7.44. The Morgan fingerprint density at radius 1 is 1.19 bits per heavy atom. The Labute approximate surface area is 99.0 Å². The molecule has 0 atom stereocenters. The van der Waals surface area contributed by atoms with E-state index in [9.17, 15) is 0 Å². The maximum atomic E-state index is 8.49. The summed E-state index contributed by atoms with van der Waals surface area (Å²) in [7, 11) is -4.94. The fourth-order valence-corrected chi connectivity index (χ4v) is 1.27. The van der Waals surface area contributed by atoms with E-state index in [0.717, 1.165) is 5.75 Å². The van der Waals surface area contributed by atoms with Gasteiger partial charge in [-0.1, -0.05) is 30.3 Å². The minimum Gasteiger partial charge on any atom is -0.282 e. The van der Waals surface area contributed by atoms with E-state index in [-0.39, 0.29) is 0 Å². The summed E-state index contributed by atoms with van der Waals surface area (Å²) in [6, 6.07) is 10.1. The van der Waals surface area contributed by atoms with E-state index in [1.807, 2.05) is 18.2 Å². The van der Waals surface area contributed by atoms with Gasteiger partial charge in [-0.25, -0.2) is 18.6 Å². The summed E-state index contributed by atoms with van der Waals surface area (Å²) in [5.41, 5.74) is 6.54. The average Bonchev–Trinajstić information content (AvgIpc) is 2.14. The Bertz CT molecular complexity index is 312. The highest BCUT2D eigenvalue weighted by Gasteiger charge is 1.96. The predicted molar refractivity (Wildman–Crippen MR) is 48.9 cm³/mol. The Hall–Kier alpha value is -0.830. The minimum atomic E-state index is -4.94. The molecule has 0 bridgehead atoms. The van der Waals surface area contributed by atoms with Crippen molar-refractivity contribution in [2.75, 3.05) is 0 Å². The number of hydrogen-bond acceptors (Lipinski definition) is 5. The van der Waals surface area contributed by atoms with Gasteiger partial charge in [-0.3, -0.25) is 11.1 Å². The Balaban J connectivity index is 0.000000385. The third kappa shape index (κ3) is 13.2. The van der Waals surface area contributed by atoms with E-state index in [4.69, 9.17) is 29.8 Å². The molecule has 90 valence electrons. The first-order valence-corrected chi connectivity index (χ1v) is 6.17. The highest BCUT2D eigenvalue weighted by atomic mass is 35.7. The molecule has 0 aromatic heterocycles. The first kappa shape index (κ1) is 15.2. The normalized spacial score (nSPS) is 10.2. The fourth-order valence-electron chi connectivity index (χ4n) is 0.741. The molecule has 4 N–H and O–H groups in total. The molecule has 16 heavy (non-hydrogen) atoms. The number of halogens is 1. The smallest absolute Gasteiger partial charge is 0.282 e. The molecule has 1 aromatic rings. The van der Waals surface area contributed by atoms with Gasteiger partial charge in [0.25, 0.3) is 5.17 Å². The van der Waals surface area contributed by atoms with Crippen molar-refractivity contribution >= 4 is 16.9 Å². The fraction of sp³-hybridized carbons (Fsp3) is 0.125. The summed E-state index contributed by atoms with van der Waals surface area (Å²) >= 11 is 1.46. The summed E-state index contributed by atoms with van der Waals surface area (Å²) in [5, 5.41) is 5.72. The summed E-state index contributed by atoms with van der Waals surface area (Å²) in [5.74, 6) is 0.850. The Morgan fingerprint density at radius 2 is 1.62 bits per heavy atom. The maximum Gasteiger partial charge on any atom is 0.300 e. The van der Waals surface area contributed by atoms with Gasteiger partial charge < -0.3 is 0 Å². The van der Waals surface area contributed by atoms with Crippen molar-refractivity contribution in [3.8, 4) is 0 Å². The van der Waals surface area contributed by atoms with Gasteiger partial charge in [-0.05, 0) is 17.3 Å². The number of thioether (sulfide) groups is 1. The quantitative estimate of drug-likeness (QED) is 0.406. The molecule has 0 aliphatic rings. The molecule has 0 radical (unpaired) electrons. The topological polar surface area (TPSA) is 144 Å². The van der Waals surface area contributed by atoms with Crippen LogP contribution in [0, 0.1) is 10.2 Å². The summed E-state index contributed by atoms with van der Waals surface area (Å²) < 4.78 is 34.0. The molecule has 0 aliphatic heterocycles. The van der Waals surface area contributed by atoms with Crippen LogP contribution in [-0.2, 0) is 5.75 Å². The molecule has 0 amide bonds. The predicted octanol–water partition coefficient (Wildman–Crippen LogP) is -4.76. The van der Waals surface area contributed by atoms with Crippen LogP contribution in [0.2, 0.25) is 0 Å². The molecule has 0 unspecified atom stereocenters. The lowest BCUT2D eigenvalue weighted by atomic mass is 10.2. The van der Waals surface area contributed by atoms with Gasteiger partial charge in [0.05, 0.1) is 0 Å². The van der Waals surface area contributed by atoms with Crippen LogP contribution in [0.3, 0.4) is 0 Å². The van der Waals surface area contributed by atoms with Gasteiger partial charge in [0.15, 0.2) is 0 Å². The Morgan fingerprint density at radius 3 is 2.00 bits per heavy atom. The van der Waals surface area contributed by atoms with Crippen molar-refractivity contribution in [3.05, 3.63) is 35.9 Å². The van der Waals surface area contributed by atoms with Crippen LogP contribution in [0.5, 0.6) is 0 Å². The zero-order valence-corrected chi connectivity index (χ0v) is 9.74. The number of nitrogens with two attached hydrogens (primary N) is 2. The lowest BCUT2D eigenvalue weighted by molar-refractivity contribution is -2.00. The van der Waals surface area contributed by atoms with Crippen LogP contribution in [0.4, 0.5) is 0 Å². The van der Waals surface area contributed by atoms with Crippen molar-refractivity contribution in [1.29, 1.82) is 0 Å². The molecule has 1 aromatic carbocycles. The Kier molecular flexibility index (Phi) is 7.06. The number of rotatable bonds is 2. The van der Waals surface area contributed by atoms with E-state index in [0.29, 0.717) is 5.17 Å². The van der Waals surface area contributed by atoms with E-state index >= 15 is 0 Å². The molecule has 0 fully saturated rings. The van der Waals surface area contributed by atoms with Crippen LogP contribution >= 0.6 is 11.8 Å². The van der Waals surface area contributed by atoms with E-state index < -0.39 is 10.2 Å². The van der Waals surface area contributed by atoms with Gasteiger partial charge >= 0.3 is 0 Å². The van der Waals surface area contributed by atoms with Crippen LogP contribution in [0.25, 0.3) is 0 Å². The first-order chi connectivity index (χ1) is 7.29. The third-order valence-electron chi connectivity index (χ3n) is 1.25. The molecule has 0 heterocycles. The van der Waals surface area contributed by atoms with E-state index in [2.05, 4.69) is 12.1 Å². The monoisotopic (exact) mass is 266 g/mol. The molecule has 6 nitrogen and oxygen atoms in total. The standard InChI is InChI=1S/C8H10N2S.ClHO4/c9-8(10)11-6-7-4-2-1-3-5-7;2-1(3,4)5/h1-5H,6H2,(H3,9,10);(H,2,3,4,5). The number of amidine groups is 1. The third-order valence-corrected chi connectivity index (χ3v) is 2.06. The molecule has 0 saturated heterocycles. The highest BCUT2D eigenvalue weighted by Crippen LogP contribution is 2.08. The maximum absolute atomic E-state index is 8.49. The summed E-state index contributed by atoms with van der Waals surface area (Å²) in [4.78, 5) is 0. The van der Waals surface area contributed by atoms with Crippen molar-refractivity contribution in [2.24, 2.45) is 5.73 Å². The second-order valence-electron chi connectivity index (χ2n) is 2.55. The summed E-state index contributed by atoms with van der Waals surface area (Å²) in [6.07, 6.45) is 0. The van der Waals surface area contributed by atoms with Gasteiger partial charge in [0.1, 0.15) is 0 Å².